The highest BCUT2D eigenvalue weighted by atomic mass is 19.1. The normalized spacial score (nSPS) is 19.4. The molecular weight excluding hydrogens is 267 g/mol. The Hall–Kier alpha value is -1.86. The van der Waals surface area contributed by atoms with Crippen LogP contribution in [0, 0.1) is 5.82 Å². The van der Waals surface area contributed by atoms with E-state index < -0.39 is 18.0 Å². The Morgan fingerprint density at radius 2 is 2.40 bits per heavy atom. The third-order valence-electron chi connectivity index (χ3n) is 2.94. The summed E-state index contributed by atoms with van der Waals surface area (Å²) >= 11 is 0. The monoisotopic (exact) mass is 284 g/mol. The molecule has 1 aromatic carbocycles. The minimum atomic E-state index is -0.724. The van der Waals surface area contributed by atoms with Crippen LogP contribution in [0.4, 0.5) is 14.9 Å². The van der Waals surface area contributed by atoms with Gasteiger partial charge in [-0.3, -0.25) is 0 Å². The van der Waals surface area contributed by atoms with Crippen molar-refractivity contribution in [3.05, 3.63) is 24.0 Å². The molecule has 0 bridgehead atoms. The fourth-order valence-electron chi connectivity index (χ4n) is 1.95. The standard InChI is InChI=1S/C13H17FN2O4/c1-19-12-3-2-9(14)6-11(12)15-13(18)16-4-5-20-8-10(17)7-16/h2-3,6,10,17H,4-5,7-8H2,1H3,(H,15,18). The number of ether oxygens (including phenoxy) is 2. The molecule has 110 valence electrons. The number of aliphatic hydroxyl groups is 1. The first-order valence-corrected chi connectivity index (χ1v) is 6.25. The van der Waals surface area contributed by atoms with Gasteiger partial charge in [-0.2, -0.15) is 0 Å². The molecule has 1 aliphatic heterocycles. The molecule has 2 N–H and O–H groups in total. The predicted molar refractivity (Wildman–Crippen MR) is 70.4 cm³/mol. The van der Waals surface area contributed by atoms with Crippen molar-refractivity contribution in [2.24, 2.45) is 0 Å². The van der Waals surface area contributed by atoms with Crippen LogP contribution in [0.5, 0.6) is 5.75 Å². The number of β-amino-alcohol motifs (C(OH)–C–C–N with tert-alkyl or cyclic N) is 1. The van der Waals surface area contributed by atoms with Gasteiger partial charge in [0.1, 0.15) is 11.6 Å². The zero-order valence-corrected chi connectivity index (χ0v) is 11.1. The van der Waals surface area contributed by atoms with Crippen LogP contribution in [0.2, 0.25) is 0 Å². The summed E-state index contributed by atoms with van der Waals surface area (Å²) < 4.78 is 23.4. The number of aliphatic hydroxyl groups excluding tert-OH is 1. The lowest BCUT2D eigenvalue weighted by molar-refractivity contribution is 0.0575. The summed E-state index contributed by atoms with van der Waals surface area (Å²) in [5.74, 6) is -0.105. The van der Waals surface area contributed by atoms with Crippen LogP contribution < -0.4 is 10.1 Å². The molecule has 1 aromatic rings. The van der Waals surface area contributed by atoms with Gasteiger partial charge in [-0.15, -0.1) is 0 Å². The Morgan fingerprint density at radius 3 is 3.15 bits per heavy atom. The molecule has 2 rings (SSSR count). The van der Waals surface area contributed by atoms with Crippen LogP contribution >= 0.6 is 0 Å². The first kappa shape index (κ1) is 14.5. The number of carbonyl (C=O) groups excluding carboxylic acids is 1. The Morgan fingerprint density at radius 1 is 1.60 bits per heavy atom. The predicted octanol–water partition coefficient (Wildman–Crippen LogP) is 1.06. The molecule has 0 spiro atoms. The maximum Gasteiger partial charge on any atom is 0.322 e. The maximum absolute atomic E-state index is 13.2. The Labute approximate surface area is 116 Å². The Balaban J connectivity index is 2.08. The number of benzene rings is 1. The molecule has 0 aliphatic carbocycles. The van der Waals surface area contributed by atoms with Gasteiger partial charge >= 0.3 is 6.03 Å². The number of hydrogen-bond donors (Lipinski definition) is 2. The fourth-order valence-corrected chi connectivity index (χ4v) is 1.95. The number of urea groups is 1. The third-order valence-corrected chi connectivity index (χ3v) is 2.94. The molecule has 1 fully saturated rings. The molecule has 0 aromatic heterocycles. The van der Waals surface area contributed by atoms with E-state index in [0.717, 1.165) is 0 Å². The lowest BCUT2D eigenvalue weighted by Gasteiger charge is -2.22. The lowest BCUT2D eigenvalue weighted by atomic mass is 10.3. The topological polar surface area (TPSA) is 71.0 Å². The van der Waals surface area contributed by atoms with Crippen LogP contribution in [-0.2, 0) is 4.74 Å². The summed E-state index contributed by atoms with van der Waals surface area (Å²) in [5, 5.41) is 12.2. The quantitative estimate of drug-likeness (QED) is 0.852. The second-order valence-corrected chi connectivity index (χ2v) is 4.45. The van der Waals surface area contributed by atoms with Gasteiger partial charge in [-0.05, 0) is 12.1 Å². The zero-order chi connectivity index (χ0) is 14.5. The van der Waals surface area contributed by atoms with Crippen LogP contribution in [-0.4, -0.2) is 55.6 Å². The number of halogens is 1. The third kappa shape index (κ3) is 3.58. The van der Waals surface area contributed by atoms with Crippen molar-refractivity contribution in [1.82, 2.24) is 4.90 Å². The molecule has 1 heterocycles. The van der Waals surface area contributed by atoms with E-state index in [1.807, 2.05) is 0 Å². The number of nitrogens with one attached hydrogen (secondary N) is 1. The molecule has 1 unspecified atom stereocenters. The number of carbonyl (C=O) groups is 1. The van der Waals surface area contributed by atoms with E-state index in [1.54, 1.807) is 0 Å². The van der Waals surface area contributed by atoms with Crippen LogP contribution in [0.15, 0.2) is 18.2 Å². The van der Waals surface area contributed by atoms with Crippen molar-refractivity contribution in [3.63, 3.8) is 0 Å². The smallest absolute Gasteiger partial charge is 0.322 e. The molecule has 7 heteroatoms. The molecular formula is C13H17FN2O4. The van der Waals surface area contributed by atoms with E-state index in [4.69, 9.17) is 9.47 Å². The minimum absolute atomic E-state index is 0.170. The molecule has 1 saturated heterocycles. The van der Waals surface area contributed by atoms with Gasteiger partial charge in [0, 0.05) is 12.6 Å². The van der Waals surface area contributed by atoms with Gasteiger partial charge in [0.15, 0.2) is 0 Å². The summed E-state index contributed by atoms with van der Waals surface area (Å²) in [5.41, 5.74) is 0.247. The van der Waals surface area contributed by atoms with Crippen molar-refractivity contribution < 1.29 is 23.8 Å². The van der Waals surface area contributed by atoms with Crippen molar-refractivity contribution >= 4 is 11.7 Å². The fraction of sp³-hybridized carbons (Fsp3) is 0.462. The first-order chi connectivity index (χ1) is 9.60. The van der Waals surface area contributed by atoms with Gasteiger partial charge in [0.2, 0.25) is 0 Å². The summed E-state index contributed by atoms with van der Waals surface area (Å²) in [4.78, 5) is 13.5. The van der Waals surface area contributed by atoms with Crippen LogP contribution in [0.3, 0.4) is 0 Å². The largest absolute Gasteiger partial charge is 0.495 e. The van der Waals surface area contributed by atoms with Gasteiger partial charge in [-0.1, -0.05) is 0 Å². The van der Waals surface area contributed by atoms with Crippen molar-refractivity contribution in [3.8, 4) is 5.75 Å². The summed E-state index contributed by atoms with van der Waals surface area (Å²) in [6, 6.07) is 3.43. The second-order valence-electron chi connectivity index (χ2n) is 4.45. The first-order valence-electron chi connectivity index (χ1n) is 6.25. The number of amides is 2. The summed E-state index contributed by atoms with van der Waals surface area (Å²) in [6.45, 7) is 1.09. The van der Waals surface area contributed by atoms with Gasteiger partial charge in [-0.25, -0.2) is 9.18 Å². The average molecular weight is 284 g/mol. The average Bonchev–Trinajstić information content (AvgIpc) is 2.64. The molecule has 1 atom stereocenters. The van der Waals surface area contributed by atoms with E-state index in [1.165, 1.54) is 30.2 Å². The lowest BCUT2D eigenvalue weighted by Crippen LogP contribution is -2.40. The van der Waals surface area contributed by atoms with E-state index in [-0.39, 0.29) is 18.8 Å². The van der Waals surface area contributed by atoms with Crippen LogP contribution in [0.25, 0.3) is 0 Å². The van der Waals surface area contributed by atoms with Crippen LogP contribution in [0.1, 0.15) is 0 Å². The number of nitrogens with zero attached hydrogens (tertiary/aromatic N) is 1. The Bertz CT molecular complexity index is 483. The number of methoxy groups -OCH3 is 1. The highest BCUT2D eigenvalue weighted by molar-refractivity contribution is 5.91. The van der Waals surface area contributed by atoms with Gasteiger partial charge in [0.25, 0.3) is 0 Å². The number of anilines is 1. The highest BCUT2D eigenvalue weighted by Gasteiger charge is 2.21. The molecule has 1 aliphatic rings. The van der Waals surface area contributed by atoms with E-state index in [2.05, 4.69) is 5.32 Å². The molecule has 0 radical (unpaired) electrons. The minimum Gasteiger partial charge on any atom is -0.495 e. The van der Waals surface area contributed by atoms with E-state index in [0.29, 0.717) is 18.9 Å². The van der Waals surface area contributed by atoms with Gasteiger partial charge in [0.05, 0.1) is 38.7 Å². The molecule has 0 saturated carbocycles. The maximum atomic E-state index is 13.2. The molecule has 6 nitrogen and oxygen atoms in total. The van der Waals surface area contributed by atoms with E-state index in [9.17, 15) is 14.3 Å². The van der Waals surface area contributed by atoms with Crippen molar-refractivity contribution in [2.75, 3.05) is 38.7 Å². The van der Waals surface area contributed by atoms with Crippen molar-refractivity contribution in [2.45, 2.75) is 6.10 Å². The van der Waals surface area contributed by atoms with Gasteiger partial charge < -0.3 is 24.8 Å². The Kier molecular flexibility index (Phi) is 4.75. The number of rotatable bonds is 2. The zero-order valence-electron chi connectivity index (χ0n) is 11.1. The highest BCUT2D eigenvalue weighted by Crippen LogP contribution is 2.25. The number of hydrogen-bond acceptors (Lipinski definition) is 4. The summed E-state index contributed by atoms with van der Waals surface area (Å²) in [7, 11) is 1.44. The van der Waals surface area contributed by atoms with Crippen molar-refractivity contribution in [1.29, 1.82) is 0 Å². The second kappa shape index (κ2) is 6.53. The van der Waals surface area contributed by atoms with E-state index >= 15 is 0 Å². The molecule has 2 amide bonds. The molecule has 20 heavy (non-hydrogen) atoms. The SMILES string of the molecule is COc1ccc(F)cc1NC(=O)N1CCOCC(O)C1. The summed E-state index contributed by atoms with van der Waals surface area (Å²) in [6.07, 6.45) is -0.724.